The summed E-state index contributed by atoms with van der Waals surface area (Å²) in [7, 11) is 0. The van der Waals surface area contributed by atoms with E-state index in [1.807, 2.05) is 0 Å². The molecule has 0 atom stereocenters. The second kappa shape index (κ2) is 3.88. The van der Waals surface area contributed by atoms with E-state index in [0.29, 0.717) is 0 Å². The third-order valence-electron chi connectivity index (χ3n) is 1.84. The smallest absolute Gasteiger partial charge is 0.419 e. The lowest BCUT2D eigenvalue weighted by atomic mass is 10.1. The van der Waals surface area contributed by atoms with Crippen LogP contribution in [-0.4, -0.2) is 11.7 Å². The second-order valence-electron chi connectivity index (χ2n) is 2.85. The third kappa shape index (κ3) is 2.17. The van der Waals surface area contributed by atoms with Gasteiger partial charge in [0.1, 0.15) is 5.75 Å². The molecule has 78 valence electrons. The molecule has 0 amide bonds. The van der Waals surface area contributed by atoms with Crippen LogP contribution in [0.25, 0.3) is 0 Å². The number of para-hydroxylation sites is 1. The predicted molar refractivity (Wildman–Crippen MR) is 45.9 cm³/mol. The van der Waals surface area contributed by atoms with Crippen molar-refractivity contribution in [2.24, 2.45) is 5.73 Å². The zero-order chi connectivity index (χ0) is 10.8. The van der Waals surface area contributed by atoms with Crippen LogP contribution in [-0.2, 0) is 12.6 Å². The first-order chi connectivity index (χ1) is 6.46. The van der Waals surface area contributed by atoms with Crippen LogP contribution in [0.1, 0.15) is 11.1 Å². The van der Waals surface area contributed by atoms with Gasteiger partial charge in [-0.3, -0.25) is 0 Å². The minimum Gasteiger partial charge on any atom is -0.507 e. The van der Waals surface area contributed by atoms with Crippen LogP contribution >= 0.6 is 0 Å². The fraction of sp³-hybridized carbons (Fsp3) is 0.333. The summed E-state index contributed by atoms with van der Waals surface area (Å²) in [6, 6.07) is 3.53. The van der Waals surface area contributed by atoms with E-state index in [0.717, 1.165) is 6.07 Å². The average Bonchev–Trinajstić information content (AvgIpc) is 2.07. The van der Waals surface area contributed by atoms with Gasteiger partial charge in [-0.1, -0.05) is 12.1 Å². The minimum absolute atomic E-state index is 0.203. The Kier molecular flexibility index (Phi) is 3.00. The molecule has 0 unspecified atom stereocenters. The summed E-state index contributed by atoms with van der Waals surface area (Å²) in [6.45, 7) is 0.203. The topological polar surface area (TPSA) is 46.2 Å². The van der Waals surface area contributed by atoms with Crippen LogP contribution in [0.5, 0.6) is 5.75 Å². The molecule has 0 aromatic heterocycles. The van der Waals surface area contributed by atoms with Crippen molar-refractivity contribution in [2.45, 2.75) is 12.6 Å². The molecule has 5 heteroatoms. The number of phenols is 1. The van der Waals surface area contributed by atoms with Gasteiger partial charge in [-0.2, -0.15) is 13.2 Å². The summed E-state index contributed by atoms with van der Waals surface area (Å²) >= 11 is 0. The number of rotatable bonds is 2. The Morgan fingerprint density at radius 1 is 1.29 bits per heavy atom. The Labute approximate surface area is 79.2 Å². The molecule has 0 heterocycles. The third-order valence-corrected chi connectivity index (χ3v) is 1.84. The summed E-state index contributed by atoms with van der Waals surface area (Å²) < 4.78 is 36.8. The highest BCUT2D eigenvalue weighted by Crippen LogP contribution is 2.37. The summed E-state index contributed by atoms with van der Waals surface area (Å²) in [5.41, 5.74) is 4.41. The highest BCUT2D eigenvalue weighted by Gasteiger charge is 2.34. The molecular weight excluding hydrogens is 195 g/mol. The molecule has 1 aromatic rings. The summed E-state index contributed by atoms with van der Waals surface area (Å²) in [5.74, 6) is -0.717. The molecule has 2 nitrogen and oxygen atoms in total. The highest BCUT2D eigenvalue weighted by molar-refractivity contribution is 5.42. The lowest BCUT2D eigenvalue weighted by Crippen LogP contribution is -2.08. The Morgan fingerprint density at radius 3 is 2.43 bits per heavy atom. The van der Waals surface area contributed by atoms with E-state index in [1.165, 1.54) is 12.1 Å². The molecule has 0 saturated heterocycles. The number of alkyl halides is 3. The summed E-state index contributed by atoms with van der Waals surface area (Å²) in [6.07, 6.45) is -4.29. The number of benzene rings is 1. The molecule has 0 bridgehead atoms. The lowest BCUT2D eigenvalue weighted by molar-refractivity contribution is -0.138. The monoisotopic (exact) mass is 205 g/mol. The van der Waals surface area contributed by atoms with Crippen LogP contribution in [0, 0.1) is 0 Å². The molecule has 1 rings (SSSR count). The second-order valence-corrected chi connectivity index (χ2v) is 2.85. The first-order valence-corrected chi connectivity index (χ1v) is 4.05. The average molecular weight is 205 g/mol. The Bertz CT molecular complexity index is 322. The van der Waals surface area contributed by atoms with Crippen LogP contribution in [0.3, 0.4) is 0 Å². The van der Waals surface area contributed by atoms with E-state index in [1.54, 1.807) is 0 Å². The molecule has 14 heavy (non-hydrogen) atoms. The van der Waals surface area contributed by atoms with Crippen LogP contribution < -0.4 is 5.73 Å². The number of halogens is 3. The molecule has 0 aliphatic heterocycles. The molecule has 0 aliphatic rings. The Morgan fingerprint density at radius 2 is 1.93 bits per heavy atom. The Hall–Kier alpha value is -1.23. The van der Waals surface area contributed by atoms with Crippen molar-refractivity contribution in [1.29, 1.82) is 0 Å². The van der Waals surface area contributed by atoms with Gasteiger partial charge in [0.2, 0.25) is 0 Å². The fourth-order valence-corrected chi connectivity index (χ4v) is 1.18. The van der Waals surface area contributed by atoms with Crippen molar-refractivity contribution in [3.63, 3.8) is 0 Å². The van der Waals surface area contributed by atoms with Gasteiger partial charge >= 0.3 is 6.18 Å². The molecule has 0 saturated carbocycles. The molecule has 1 aromatic carbocycles. The van der Waals surface area contributed by atoms with Gasteiger partial charge in [0.25, 0.3) is 0 Å². The quantitative estimate of drug-likeness (QED) is 0.774. The maximum atomic E-state index is 12.3. The van der Waals surface area contributed by atoms with Crippen molar-refractivity contribution >= 4 is 0 Å². The van der Waals surface area contributed by atoms with Gasteiger partial charge in [0, 0.05) is 0 Å². The molecule has 0 radical (unpaired) electrons. The number of phenolic OH excluding ortho intramolecular Hbond substituents is 1. The predicted octanol–water partition coefficient (Wildman–Crippen LogP) is 1.91. The van der Waals surface area contributed by atoms with E-state index in [9.17, 15) is 18.3 Å². The largest absolute Gasteiger partial charge is 0.507 e. The molecular formula is C9H10F3NO. The molecule has 0 fully saturated rings. The van der Waals surface area contributed by atoms with Crippen LogP contribution in [0.4, 0.5) is 13.2 Å². The fourth-order valence-electron chi connectivity index (χ4n) is 1.18. The van der Waals surface area contributed by atoms with E-state index >= 15 is 0 Å². The minimum atomic E-state index is -4.52. The summed E-state index contributed by atoms with van der Waals surface area (Å²) in [4.78, 5) is 0. The number of aromatic hydroxyl groups is 1. The van der Waals surface area contributed by atoms with Crippen molar-refractivity contribution in [3.05, 3.63) is 29.3 Å². The maximum absolute atomic E-state index is 12.3. The molecule has 0 aliphatic carbocycles. The van der Waals surface area contributed by atoms with Gasteiger partial charge in [-0.25, -0.2) is 0 Å². The van der Waals surface area contributed by atoms with Gasteiger partial charge < -0.3 is 10.8 Å². The van der Waals surface area contributed by atoms with Crippen molar-refractivity contribution in [2.75, 3.05) is 6.54 Å². The number of hydrogen-bond acceptors (Lipinski definition) is 2. The van der Waals surface area contributed by atoms with Crippen LogP contribution in [0.15, 0.2) is 18.2 Å². The van der Waals surface area contributed by atoms with E-state index in [-0.39, 0.29) is 18.5 Å². The standard InChI is InChI=1S/C9H10F3NO/c10-9(11,12)7-3-1-2-6(4-5-13)8(7)14/h1-3,14H,4-5,13H2. The van der Waals surface area contributed by atoms with Gasteiger partial charge in [-0.15, -0.1) is 0 Å². The molecule has 0 spiro atoms. The maximum Gasteiger partial charge on any atom is 0.419 e. The zero-order valence-electron chi connectivity index (χ0n) is 7.30. The highest BCUT2D eigenvalue weighted by atomic mass is 19.4. The molecule has 3 N–H and O–H groups in total. The lowest BCUT2D eigenvalue weighted by Gasteiger charge is -2.11. The first-order valence-electron chi connectivity index (χ1n) is 4.05. The normalized spacial score (nSPS) is 11.7. The number of nitrogens with two attached hydrogens (primary N) is 1. The van der Waals surface area contributed by atoms with Crippen molar-refractivity contribution in [3.8, 4) is 5.75 Å². The van der Waals surface area contributed by atoms with Gasteiger partial charge in [0.15, 0.2) is 0 Å². The van der Waals surface area contributed by atoms with E-state index in [4.69, 9.17) is 5.73 Å². The SMILES string of the molecule is NCCc1cccc(C(F)(F)F)c1O. The van der Waals surface area contributed by atoms with Crippen molar-refractivity contribution < 1.29 is 18.3 Å². The van der Waals surface area contributed by atoms with E-state index < -0.39 is 17.5 Å². The Balaban J connectivity index is 3.14. The van der Waals surface area contributed by atoms with Gasteiger partial charge in [0.05, 0.1) is 5.56 Å². The van der Waals surface area contributed by atoms with Crippen molar-refractivity contribution in [1.82, 2.24) is 0 Å². The number of hydrogen-bond donors (Lipinski definition) is 2. The van der Waals surface area contributed by atoms with Gasteiger partial charge in [-0.05, 0) is 24.6 Å². The first kappa shape index (κ1) is 10.8. The van der Waals surface area contributed by atoms with Crippen LogP contribution in [0.2, 0.25) is 0 Å². The van der Waals surface area contributed by atoms with E-state index in [2.05, 4.69) is 0 Å². The summed E-state index contributed by atoms with van der Waals surface area (Å²) in [5, 5.41) is 9.28. The zero-order valence-corrected chi connectivity index (χ0v) is 7.30.